The summed E-state index contributed by atoms with van der Waals surface area (Å²) in [6, 6.07) is 3.42. The summed E-state index contributed by atoms with van der Waals surface area (Å²) in [5.41, 5.74) is 13.1. The predicted octanol–water partition coefficient (Wildman–Crippen LogP) is 1.78. The van der Waals surface area contributed by atoms with E-state index in [-0.39, 0.29) is 43.3 Å². The number of ether oxygens (including phenoxy) is 2. The zero-order chi connectivity index (χ0) is 32.8. The molecular formula is C28H40N8O6S3. The first-order chi connectivity index (χ1) is 21.8. The fraction of sp³-hybridized carbons (Fsp3) is 0.464. The maximum atomic E-state index is 12.4. The number of hydrogen-bond acceptors (Lipinski definition) is 15. The van der Waals surface area contributed by atoms with Gasteiger partial charge < -0.3 is 40.7 Å². The Morgan fingerprint density at radius 3 is 2.82 bits per heavy atom. The number of nitrogens with one attached hydrogen (secondary N) is 2. The summed E-state index contributed by atoms with van der Waals surface area (Å²) in [5.74, 6) is 1.04. The Labute approximate surface area is 276 Å². The highest BCUT2D eigenvalue weighted by Crippen LogP contribution is 2.33. The van der Waals surface area contributed by atoms with E-state index >= 15 is 0 Å². The second-order valence-electron chi connectivity index (χ2n) is 9.87. The molecule has 0 radical (unpaired) electrons. The number of fused-ring (bicyclic) bond motifs is 1. The number of aromatic nitrogens is 2. The zero-order valence-electron chi connectivity index (χ0n) is 25.2. The number of nitrogen functional groups attached to an aromatic ring is 1. The van der Waals surface area contributed by atoms with Gasteiger partial charge in [0.15, 0.2) is 11.6 Å². The number of nitrogens with zero attached hydrogens (tertiary/aromatic N) is 4. The summed E-state index contributed by atoms with van der Waals surface area (Å²) >= 11 is 6.69. The Kier molecular flexibility index (Phi) is 14.9. The number of rotatable bonds is 15. The SMILES string of the molecule is C=CCOC(=O)C1=C(CN)CSC(C(C)NC(=O)Cc2cccs2)N1C=O.COC(CCN1CNc2c(N)ncnc21)COS. The second kappa shape index (κ2) is 18.6. The Bertz CT molecular complexity index is 1320. The van der Waals surface area contributed by atoms with Gasteiger partial charge in [0.25, 0.3) is 0 Å². The van der Waals surface area contributed by atoms with Crippen LogP contribution in [0.3, 0.4) is 0 Å². The topological polar surface area (TPSA) is 187 Å². The van der Waals surface area contributed by atoms with E-state index in [1.54, 1.807) is 14.0 Å². The molecule has 0 aliphatic carbocycles. The molecule has 246 valence electrons. The van der Waals surface area contributed by atoms with Gasteiger partial charge in [-0.15, -0.1) is 23.1 Å². The van der Waals surface area contributed by atoms with Gasteiger partial charge in [-0.3, -0.25) is 14.5 Å². The molecule has 2 aliphatic rings. The number of esters is 1. The first-order valence-electron chi connectivity index (χ1n) is 14.0. The minimum absolute atomic E-state index is 0.0192. The minimum Gasteiger partial charge on any atom is -0.457 e. The molecule has 4 heterocycles. The molecular weight excluding hydrogens is 641 g/mol. The van der Waals surface area contributed by atoms with E-state index in [1.165, 1.54) is 40.4 Å². The van der Waals surface area contributed by atoms with Crippen molar-refractivity contribution in [2.24, 2.45) is 5.73 Å². The fourth-order valence-corrected chi connectivity index (χ4v) is 6.75. The van der Waals surface area contributed by atoms with Crippen LogP contribution in [0, 0.1) is 0 Å². The van der Waals surface area contributed by atoms with Crippen molar-refractivity contribution in [3.8, 4) is 0 Å². The lowest BCUT2D eigenvalue weighted by molar-refractivity contribution is -0.141. The van der Waals surface area contributed by atoms with Crippen LogP contribution in [-0.2, 0) is 34.5 Å². The van der Waals surface area contributed by atoms with E-state index in [9.17, 15) is 14.4 Å². The molecule has 2 aromatic heterocycles. The summed E-state index contributed by atoms with van der Waals surface area (Å²) < 4.78 is 15.2. The molecule has 0 bridgehead atoms. The molecule has 0 saturated carbocycles. The highest BCUT2D eigenvalue weighted by molar-refractivity contribution is 8.00. The number of thioether (sulfide) groups is 1. The molecule has 0 saturated heterocycles. The molecule has 0 aromatic carbocycles. The predicted molar refractivity (Wildman–Crippen MR) is 180 cm³/mol. The van der Waals surface area contributed by atoms with Crippen LogP contribution in [0.2, 0.25) is 0 Å². The van der Waals surface area contributed by atoms with E-state index in [2.05, 4.69) is 45.0 Å². The van der Waals surface area contributed by atoms with Gasteiger partial charge in [-0.2, -0.15) is 0 Å². The number of methoxy groups -OCH3 is 1. The van der Waals surface area contributed by atoms with Crippen molar-refractivity contribution in [2.45, 2.75) is 37.3 Å². The molecule has 2 aromatic rings. The first kappa shape index (κ1) is 36.1. The average Bonchev–Trinajstić information content (AvgIpc) is 3.71. The summed E-state index contributed by atoms with van der Waals surface area (Å²) in [7, 11) is 1.66. The maximum absolute atomic E-state index is 12.4. The van der Waals surface area contributed by atoms with Crippen molar-refractivity contribution < 1.29 is 28.0 Å². The molecule has 2 aliphatic heterocycles. The Hall–Kier alpha value is -3.35. The molecule has 2 amide bonds. The van der Waals surface area contributed by atoms with E-state index in [0.717, 1.165) is 29.3 Å². The lowest BCUT2D eigenvalue weighted by Gasteiger charge is -2.38. The van der Waals surface area contributed by atoms with Crippen molar-refractivity contribution >= 4 is 71.6 Å². The third-order valence-electron chi connectivity index (χ3n) is 6.83. The van der Waals surface area contributed by atoms with Crippen LogP contribution in [0.15, 0.2) is 47.8 Å². The largest absolute Gasteiger partial charge is 0.457 e. The van der Waals surface area contributed by atoms with E-state index in [0.29, 0.717) is 36.8 Å². The van der Waals surface area contributed by atoms with Gasteiger partial charge in [-0.05, 0) is 43.3 Å². The van der Waals surface area contributed by atoms with Gasteiger partial charge in [-0.25, -0.2) is 14.8 Å². The third kappa shape index (κ3) is 10.1. The van der Waals surface area contributed by atoms with E-state index in [1.807, 2.05) is 17.5 Å². The summed E-state index contributed by atoms with van der Waals surface area (Å²) in [6.07, 6.45) is 4.62. The molecule has 0 fully saturated rings. The number of anilines is 3. The summed E-state index contributed by atoms with van der Waals surface area (Å²) in [6.45, 7) is 7.43. The van der Waals surface area contributed by atoms with Gasteiger partial charge in [0.1, 0.15) is 29.7 Å². The lowest BCUT2D eigenvalue weighted by Crippen LogP contribution is -2.51. The Morgan fingerprint density at radius 2 is 2.18 bits per heavy atom. The number of hydrogen-bond donors (Lipinski definition) is 5. The smallest absolute Gasteiger partial charge is 0.355 e. The summed E-state index contributed by atoms with van der Waals surface area (Å²) in [4.78, 5) is 49.0. The Morgan fingerprint density at radius 1 is 1.38 bits per heavy atom. The van der Waals surface area contributed by atoms with Gasteiger partial charge >= 0.3 is 5.97 Å². The van der Waals surface area contributed by atoms with Crippen LogP contribution in [-0.4, -0.2) is 96.5 Å². The van der Waals surface area contributed by atoms with Crippen LogP contribution >= 0.6 is 36.0 Å². The standard InChI is InChI=1S/C18H23N3O4S2.C10H17N5O2S/c1-3-6-25-18(24)16-13(9-19)10-27-17(21(16)11-22)12(2)20-15(23)8-14-5-4-7-26-14;1-16-7(4-17-18)2-3-15-6-14-8-9(11)12-5-13-10(8)15/h3-5,7,11-12,17H,1,6,8-10,19H2,2H3,(H,20,23);5,7,14,18H,2-4,6H2,1H3,(H2,11,12,13). The highest BCUT2D eigenvalue weighted by Gasteiger charge is 2.36. The Balaban J connectivity index is 0.000000265. The van der Waals surface area contributed by atoms with E-state index < -0.39 is 11.3 Å². The fourth-order valence-electron chi connectivity index (χ4n) is 4.58. The van der Waals surface area contributed by atoms with Gasteiger partial charge in [-0.1, -0.05) is 18.7 Å². The van der Waals surface area contributed by atoms with E-state index in [4.69, 9.17) is 25.1 Å². The number of thiophene rings is 1. The highest BCUT2D eigenvalue weighted by atomic mass is 32.2. The van der Waals surface area contributed by atoms with Crippen LogP contribution in [0.5, 0.6) is 0 Å². The lowest BCUT2D eigenvalue weighted by atomic mass is 10.1. The third-order valence-corrected chi connectivity index (χ3v) is 9.35. The number of thiol groups is 1. The van der Waals surface area contributed by atoms with Crippen LogP contribution in [0.1, 0.15) is 18.2 Å². The molecule has 3 atom stereocenters. The average molecular weight is 681 g/mol. The molecule has 0 spiro atoms. The molecule has 3 unspecified atom stereocenters. The van der Waals surface area contributed by atoms with Crippen LogP contribution < -0.4 is 27.0 Å². The maximum Gasteiger partial charge on any atom is 0.355 e. The van der Waals surface area contributed by atoms with Crippen LogP contribution in [0.4, 0.5) is 17.3 Å². The number of nitrogens with two attached hydrogens (primary N) is 2. The molecule has 6 N–H and O–H groups in total. The van der Waals surface area contributed by atoms with Crippen molar-refractivity contribution in [1.82, 2.24) is 20.2 Å². The number of carbonyl (C=O) groups is 3. The number of amides is 2. The van der Waals surface area contributed by atoms with Gasteiger partial charge in [0.2, 0.25) is 12.3 Å². The number of carbonyl (C=O) groups excluding carboxylic acids is 3. The monoisotopic (exact) mass is 680 g/mol. The van der Waals surface area contributed by atoms with Crippen LogP contribution in [0.25, 0.3) is 0 Å². The van der Waals surface area contributed by atoms with Crippen molar-refractivity contribution in [2.75, 3.05) is 61.8 Å². The van der Waals surface area contributed by atoms with Gasteiger partial charge in [0.05, 0.1) is 31.8 Å². The molecule has 45 heavy (non-hydrogen) atoms. The second-order valence-corrected chi connectivity index (χ2v) is 12.3. The van der Waals surface area contributed by atoms with Gasteiger partial charge in [0, 0.05) is 30.8 Å². The quantitative estimate of drug-likeness (QED) is 0.0603. The molecule has 4 rings (SSSR count). The van der Waals surface area contributed by atoms with Crippen molar-refractivity contribution in [3.05, 3.63) is 52.6 Å². The zero-order valence-corrected chi connectivity index (χ0v) is 27.7. The normalized spacial score (nSPS) is 16.9. The molecule has 14 nitrogen and oxygen atoms in total. The van der Waals surface area contributed by atoms with Crippen molar-refractivity contribution in [1.29, 1.82) is 0 Å². The van der Waals surface area contributed by atoms with Crippen molar-refractivity contribution in [3.63, 3.8) is 0 Å². The molecule has 17 heteroatoms. The summed E-state index contributed by atoms with van der Waals surface area (Å²) in [5, 5.41) is 7.57. The first-order valence-corrected chi connectivity index (χ1v) is 16.3. The minimum atomic E-state index is -0.620.